The van der Waals surface area contributed by atoms with Crippen LogP contribution in [0.2, 0.25) is 0 Å². The van der Waals surface area contributed by atoms with Gasteiger partial charge in [-0.1, -0.05) is 29.4 Å². The molecule has 0 saturated carbocycles. The zero-order valence-corrected chi connectivity index (χ0v) is 17.7. The minimum absolute atomic E-state index is 0.138. The maximum Gasteiger partial charge on any atom is 0.365 e. The highest BCUT2D eigenvalue weighted by Crippen LogP contribution is 2.19. The van der Waals surface area contributed by atoms with Crippen molar-refractivity contribution in [3.05, 3.63) is 89.7 Å². The standard InChI is InChI=1S/C26H24N2O4/c27-19-9-3-8-14-24(28-32-26(30)21-10-4-1-5-11-21)25(29)20-15-17-23(18-16-20)31-22-12-6-2-7-13-22/h1,4-6,10-13,15-18H,2-3,7-9,14H2/b28-24+. The summed E-state index contributed by atoms with van der Waals surface area (Å²) < 4.78 is 5.80. The third kappa shape index (κ3) is 6.78. The van der Waals surface area contributed by atoms with Crippen molar-refractivity contribution in [1.29, 1.82) is 5.26 Å². The summed E-state index contributed by atoms with van der Waals surface area (Å²) in [6, 6.07) is 17.3. The Bertz CT molecular complexity index is 1060. The average Bonchev–Trinajstić information content (AvgIpc) is 2.84. The van der Waals surface area contributed by atoms with E-state index in [1.165, 1.54) is 0 Å². The minimum atomic E-state index is -0.634. The van der Waals surface area contributed by atoms with Crippen LogP contribution in [0.1, 0.15) is 59.2 Å². The molecule has 0 aliphatic heterocycles. The van der Waals surface area contributed by atoms with Crippen molar-refractivity contribution in [3.63, 3.8) is 0 Å². The van der Waals surface area contributed by atoms with Crippen molar-refractivity contribution < 1.29 is 19.2 Å². The summed E-state index contributed by atoms with van der Waals surface area (Å²) >= 11 is 0. The number of nitriles is 1. The smallest absolute Gasteiger partial charge is 0.365 e. The first-order chi connectivity index (χ1) is 15.7. The van der Waals surface area contributed by atoms with E-state index < -0.39 is 5.97 Å². The van der Waals surface area contributed by atoms with E-state index in [9.17, 15) is 9.59 Å². The number of rotatable bonds is 10. The van der Waals surface area contributed by atoms with Crippen LogP contribution in [0.4, 0.5) is 0 Å². The second kappa shape index (κ2) is 12.0. The van der Waals surface area contributed by atoms with E-state index in [4.69, 9.17) is 14.8 Å². The molecule has 1 aliphatic carbocycles. The molecule has 6 nitrogen and oxygen atoms in total. The number of carbonyl (C=O) groups excluding carboxylic acids is 2. The van der Waals surface area contributed by atoms with Crippen molar-refractivity contribution in [2.75, 3.05) is 0 Å². The lowest BCUT2D eigenvalue weighted by molar-refractivity contribution is 0.0514. The second-order valence-corrected chi connectivity index (χ2v) is 7.19. The number of unbranched alkanes of at least 4 members (excludes halogenated alkanes) is 2. The van der Waals surface area contributed by atoms with E-state index in [-0.39, 0.29) is 11.5 Å². The minimum Gasteiger partial charge on any atom is -0.458 e. The lowest BCUT2D eigenvalue weighted by Crippen LogP contribution is -2.16. The third-order valence-corrected chi connectivity index (χ3v) is 4.78. The fraction of sp³-hybridized carbons (Fsp3) is 0.231. The Morgan fingerprint density at radius 3 is 2.44 bits per heavy atom. The Morgan fingerprint density at radius 1 is 0.969 bits per heavy atom. The number of hydrogen-bond donors (Lipinski definition) is 0. The van der Waals surface area contributed by atoms with Crippen LogP contribution < -0.4 is 4.74 Å². The Kier molecular flexibility index (Phi) is 8.52. The van der Waals surface area contributed by atoms with Gasteiger partial charge in [-0.25, -0.2) is 4.79 Å². The predicted molar refractivity (Wildman–Crippen MR) is 121 cm³/mol. The van der Waals surface area contributed by atoms with E-state index in [2.05, 4.69) is 17.3 Å². The summed E-state index contributed by atoms with van der Waals surface area (Å²) in [4.78, 5) is 30.3. The number of oxime groups is 1. The van der Waals surface area contributed by atoms with Gasteiger partial charge in [-0.05, 0) is 80.7 Å². The lowest BCUT2D eigenvalue weighted by atomic mass is 10.0. The number of ether oxygens (including phenoxy) is 1. The van der Waals surface area contributed by atoms with E-state index in [0.717, 1.165) is 18.6 Å². The molecule has 0 heterocycles. The van der Waals surface area contributed by atoms with Crippen molar-refractivity contribution in [3.8, 4) is 11.8 Å². The molecule has 2 aromatic rings. The van der Waals surface area contributed by atoms with Crippen LogP contribution in [-0.4, -0.2) is 17.5 Å². The molecule has 2 aromatic carbocycles. The van der Waals surface area contributed by atoms with E-state index in [0.29, 0.717) is 42.6 Å². The van der Waals surface area contributed by atoms with Crippen molar-refractivity contribution in [2.24, 2.45) is 5.16 Å². The van der Waals surface area contributed by atoms with Crippen LogP contribution in [0.25, 0.3) is 0 Å². The molecule has 0 N–H and O–H groups in total. The molecule has 0 unspecified atom stereocenters. The molecule has 0 fully saturated rings. The van der Waals surface area contributed by atoms with Gasteiger partial charge in [-0.2, -0.15) is 5.26 Å². The molecule has 6 heteroatoms. The fourth-order valence-corrected chi connectivity index (χ4v) is 3.06. The normalized spacial score (nSPS) is 13.1. The van der Waals surface area contributed by atoms with E-state index in [1.54, 1.807) is 54.6 Å². The quantitative estimate of drug-likeness (QED) is 0.157. The summed E-state index contributed by atoms with van der Waals surface area (Å²) in [6.45, 7) is 0. The SMILES string of the molecule is N#CCCCC/C(=N\OC(=O)c1ccccc1)C(=O)c1ccc(OC2=CCCC=C2)cc1. The van der Waals surface area contributed by atoms with Gasteiger partial charge in [0.05, 0.1) is 11.6 Å². The van der Waals surface area contributed by atoms with E-state index in [1.807, 2.05) is 12.2 Å². The first kappa shape index (κ1) is 22.7. The highest BCUT2D eigenvalue weighted by atomic mass is 16.7. The Balaban J connectivity index is 1.70. The molecule has 0 bridgehead atoms. The number of nitrogens with zero attached hydrogens (tertiary/aromatic N) is 2. The molecule has 0 aromatic heterocycles. The first-order valence-corrected chi connectivity index (χ1v) is 10.6. The van der Waals surface area contributed by atoms with Gasteiger partial charge in [-0.3, -0.25) is 4.79 Å². The predicted octanol–water partition coefficient (Wildman–Crippen LogP) is 5.78. The molecule has 3 rings (SSSR count). The molecular formula is C26H24N2O4. The molecule has 0 spiro atoms. The Hall–Kier alpha value is -3.98. The van der Waals surface area contributed by atoms with Gasteiger partial charge in [0.1, 0.15) is 17.2 Å². The average molecular weight is 428 g/mol. The zero-order valence-electron chi connectivity index (χ0n) is 17.7. The number of benzene rings is 2. The van der Waals surface area contributed by atoms with Crippen LogP contribution in [-0.2, 0) is 4.84 Å². The summed E-state index contributed by atoms with van der Waals surface area (Å²) in [6.07, 6.45) is 9.86. The number of carbonyl (C=O) groups is 2. The lowest BCUT2D eigenvalue weighted by Gasteiger charge is -2.10. The van der Waals surface area contributed by atoms with Crippen LogP contribution in [0.3, 0.4) is 0 Å². The van der Waals surface area contributed by atoms with Gasteiger partial charge in [0, 0.05) is 12.0 Å². The highest BCUT2D eigenvalue weighted by molar-refractivity contribution is 6.45. The molecule has 0 amide bonds. The van der Waals surface area contributed by atoms with E-state index >= 15 is 0 Å². The number of hydrogen-bond acceptors (Lipinski definition) is 6. The van der Waals surface area contributed by atoms with Crippen molar-refractivity contribution in [2.45, 2.75) is 38.5 Å². The monoisotopic (exact) mass is 428 g/mol. The first-order valence-electron chi connectivity index (χ1n) is 10.6. The van der Waals surface area contributed by atoms with Crippen LogP contribution >= 0.6 is 0 Å². The molecular weight excluding hydrogens is 404 g/mol. The third-order valence-electron chi connectivity index (χ3n) is 4.78. The summed E-state index contributed by atoms with van der Waals surface area (Å²) in [5.74, 6) is 0.446. The molecule has 0 atom stereocenters. The molecule has 0 saturated heterocycles. The fourth-order valence-electron chi connectivity index (χ4n) is 3.06. The van der Waals surface area contributed by atoms with Gasteiger partial charge in [0.25, 0.3) is 0 Å². The zero-order chi connectivity index (χ0) is 22.6. The molecule has 32 heavy (non-hydrogen) atoms. The topological polar surface area (TPSA) is 88.8 Å². The van der Waals surface area contributed by atoms with Gasteiger partial charge in [0.2, 0.25) is 5.78 Å². The number of ketones is 1. The van der Waals surface area contributed by atoms with Gasteiger partial charge < -0.3 is 9.57 Å². The summed E-state index contributed by atoms with van der Waals surface area (Å²) in [5.41, 5.74) is 0.902. The van der Waals surface area contributed by atoms with Crippen LogP contribution in [0, 0.1) is 11.3 Å². The van der Waals surface area contributed by atoms with Gasteiger partial charge in [0.15, 0.2) is 0 Å². The number of Topliss-reactive ketones (excluding diaryl/α,β-unsaturated/α-hetero) is 1. The Morgan fingerprint density at radius 2 is 1.75 bits per heavy atom. The maximum absolute atomic E-state index is 13.0. The molecule has 1 aliphatic rings. The van der Waals surface area contributed by atoms with Gasteiger partial charge >= 0.3 is 5.97 Å². The second-order valence-electron chi connectivity index (χ2n) is 7.19. The summed E-state index contributed by atoms with van der Waals surface area (Å²) in [7, 11) is 0. The maximum atomic E-state index is 13.0. The highest BCUT2D eigenvalue weighted by Gasteiger charge is 2.17. The molecule has 0 radical (unpaired) electrons. The largest absolute Gasteiger partial charge is 0.458 e. The summed E-state index contributed by atoms with van der Waals surface area (Å²) in [5, 5.41) is 12.6. The molecule has 162 valence electrons. The van der Waals surface area contributed by atoms with Crippen molar-refractivity contribution in [1.82, 2.24) is 0 Å². The number of allylic oxidation sites excluding steroid dienone is 3. The Labute approximate surface area is 187 Å². The van der Waals surface area contributed by atoms with Gasteiger partial charge in [-0.15, -0.1) is 0 Å². The van der Waals surface area contributed by atoms with Crippen LogP contribution in [0.15, 0.2) is 83.7 Å². The van der Waals surface area contributed by atoms with Crippen molar-refractivity contribution >= 4 is 17.5 Å². The van der Waals surface area contributed by atoms with Crippen LogP contribution in [0.5, 0.6) is 5.75 Å².